The molecule has 1 N–H and O–H groups in total. The number of nitrogens with zero attached hydrogens (tertiary/aromatic N) is 2. The zero-order chi connectivity index (χ0) is 19.8. The molecule has 4 aromatic rings. The Balaban J connectivity index is 1.72. The summed E-state index contributed by atoms with van der Waals surface area (Å²) < 4.78 is 10.6. The largest absolute Gasteiger partial charge is 0.465 e. The van der Waals surface area contributed by atoms with Crippen molar-refractivity contribution in [2.75, 3.05) is 7.11 Å². The van der Waals surface area contributed by atoms with Gasteiger partial charge in [-0.15, -0.1) is 11.3 Å². The van der Waals surface area contributed by atoms with E-state index in [1.807, 2.05) is 37.3 Å². The molecular formula is C20H17N3O4S. The van der Waals surface area contributed by atoms with Gasteiger partial charge in [0.2, 0.25) is 5.89 Å². The van der Waals surface area contributed by atoms with Crippen LogP contribution in [-0.4, -0.2) is 28.0 Å². The van der Waals surface area contributed by atoms with Gasteiger partial charge in [-0.25, -0.2) is 14.8 Å². The Hall–Kier alpha value is -3.26. The molecule has 0 unspecified atom stereocenters. The molecule has 0 amide bonds. The first-order valence-corrected chi connectivity index (χ1v) is 9.42. The third-order valence-electron chi connectivity index (χ3n) is 4.47. The smallest absolute Gasteiger partial charge is 0.348 e. The van der Waals surface area contributed by atoms with E-state index in [2.05, 4.69) is 15.0 Å². The van der Waals surface area contributed by atoms with Crippen molar-refractivity contribution >= 4 is 27.5 Å². The molecule has 0 fully saturated rings. The lowest BCUT2D eigenvalue weighted by molar-refractivity contribution is 0.0605. The van der Waals surface area contributed by atoms with Crippen LogP contribution in [0.3, 0.4) is 0 Å². The number of oxazole rings is 1. The number of methoxy groups -OCH3 is 1. The Morgan fingerprint density at radius 2 is 1.96 bits per heavy atom. The van der Waals surface area contributed by atoms with E-state index in [1.165, 1.54) is 7.11 Å². The molecule has 0 aliphatic heterocycles. The van der Waals surface area contributed by atoms with Crippen LogP contribution in [0.25, 0.3) is 21.7 Å². The summed E-state index contributed by atoms with van der Waals surface area (Å²) in [5.41, 5.74) is 1.87. The van der Waals surface area contributed by atoms with Crippen LogP contribution in [0, 0.1) is 13.8 Å². The number of thiophene rings is 1. The molecule has 0 bridgehead atoms. The van der Waals surface area contributed by atoms with Crippen molar-refractivity contribution in [2.24, 2.45) is 0 Å². The van der Waals surface area contributed by atoms with Crippen LogP contribution in [0.15, 0.2) is 39.5 Å². The van der Waals surface area contributed by atoms with Crippen molar-refractivity contribution in [2.45, 2.75) is 20.3 Å². The molecule has 8 heteroatoms. The van der Waals surface area contributed by atoms with Crippen LogP contribution in [0.2, 0.25) is 0 Å². The SMILES string of the molecule is COC(=O)c1sc2nc(Cc3nc(-c4ccccc4)oc3C)[nH]c(=O)c2c1C. The molecular weight excluding hydrogens is 378 g/mol. The molecule has 0 aliphatic carbocycles. The highest BCUT2D eigenvalue weighted by Crippen LogP contribution is 2.28. The summed E-state index contributed by atoms with van der Waals surface area (Å²) in [6.07, 6.45) is 0.317. The molecule has 0 saturated heterocycles. The molecule has 0 spiro atoms. The summed E-state index contributed by atoms with van der Waals surface area (Å²) in [6, 6.07) is 9.60. The van der Waals surface area contributed by atoms with Gasteiger partial charge in [0.05, 0.1) is 24.6 Å². The summed E-state index contributed by atoms with van der Waals surface area (Å²) in [6.45, 7) is 3.55. The number of nitrogens with one attached hydrogen (secondary N) is 1. The van der Waals surface area contributed by atoms with E-state index in [1.54, 1.807) is 6.92 Å². The Morgan fingerprint density at radius 1 is 1.21 bits per heavy atom. The van der Waals surface area contributed by atoms with Gasteiger partial charge in [0.15, 0.2) is 0 Å². The van der Waals surface area contributed by atoms with Gasteiger partial charge < -0.3 is 14.1 Å². The number of benzene rings is 1. The first-order chi connectivity index (χ1) is 13.5. The van der Waals surface area contributed by atoms with Gasteiger partial charge in [-0.2, -0.15) is 0 Å². The first kappa shape index (κ1) is 18.1. The number of hydrogen-bond acceptors (Lipinski definition) is 7. The van der Waals surface area contributed by atoms with Gasteiger partial charge in [-0.1, -0.05) is 18.2 Å². The number of aryl methyl sites for hydroxylation is 2. The number of hydrogen-bond donors (Lipinski definition) is 1. The Morgan fingerprint density at radius 3 is 2.68 bits per heavy atom. The Kier molecular flexibility index (Phi) is 4.56. The number of rotatable bonds is 4. The number of fused-ring (bicyclic) bond motifs is 1. The fourth-order valence-corrected chi connectivity index (χ4v) is 4.13. The maximum atomic E-state index is 12.6. The third-order valence-corrected chi connectivity index (χ3v) is 5.63. The van der Waals surface area contributed by atoms with Crippen LogP contribution in [0.5, 0.6) is 0 Å². The third kappa shape index (κ3) is 3.11. The van der Waals surface area contributed by atoms with Crippen LogP contribution < -0.4 is 5.56 Å². The van der Waals surface area contributed by atoms with Crippen molar-refractivity contribution < 1.29 is 13.9 Å². The van der Waals surface area contributed by atoms with E-state index >= 15 is 0 Å². The minimum absolute atomic E-state index is 0.284. The van der Waals surface area contributed by atoms with Gasteiger partial charge in [0, 0.05) is 5.56 Å². The maximum Gasteiger partial charge on any atom is 0.348 e. The van der Waals surface area contributed by atoms with Crippen LogP contribution in [0.1, 0.15) is 32.5 Å². The number of aromatic amines is 1. The molecule has 3 heterocycles. The first-order valence-electron chi connectivity index (χ1n) is 8.60. The minimum Gasteiger partial charge on any atom is -0.465 e. The fourth-order valence-electron chi connectivity index (χ4n) is 3.01. The van der Waals surface area contributed by atoms with Gasteiger partial charge in [-0.3, -0.25) is 4.79 Å². The highest BCUT2D eigenvalue weighted by molar-refractivity contribution is 7.20. The summed E-state index contributed by atoms with van der Waals surface area (Å²) in [7, 11) is 1.31. The quantitative estimate of drug-likeness (QED) is 0.530. The second kappa shape index (κ2) is 7.05. The van der Waals surface area contributed by atoms with E-state index in [4.69, 9.17) is 9.15 Å². The highest BCUT2D eigenvalue weighted by atomic mass is 32.1. The summed E-state index contributed by atoms with van der Waals surface area (Å²) in [4.78, 5) is 37.2. The van der Waals surface area contributed by atoms with Gasteiger partial charge in [0.25, 0.3) is 5.56 Å². The second-order valence-electron chi connectivity index (χ2n) is 6.31. The normalized spacial score (nSPS) is 11.1. The summed E-state index contributed by atoms with van der Waals surface area (Å²) in [5.74, 6) is 1.18. The van der Waals surface area contributed by atoms with Crippen molar-refractivity contribution in [3.8, 4) is 11.5 Å². The standard InChI is InChI=1S/C20H17N3O4S/c1-10-15-17(24)22-14(23-19(15)28-16(10)20(25)26-3)9-13-11(2)27-18(21-13)12-7-5-4-6-8-12/h4-8H,9H2,1-3H3,(H,22,23,24). The molecule has 0 atom stereocenters. The van der Waals surface area contributed by atoms with Gasteiger partial charge in [-0.05, 0) is 31.5 Å². The van der Waals surface area contributed by atoms with Crippen molar-refractivity contribution in [3.05, 3.63) is 68.4 Å². The van der Waals surface area contributed by atoms with E-state index in [9.17, 15) is 9.59 Å². The molecule has 3 aromatic heterocycles. The lowest BCUT2D eigenvalue weighted by Crippen LogP contribution is -2.12. The highest BCUT2D eigenvalue weighted by Gasteiger charge is 2.20. The lowest BCUT2D eigenvalue weighted by atomic mass is 10.2. The Labute approximate surface area is 164 Å². The van der Waals surface area contributed by atoms with E-state index < -0.39 is 5.97 Å². The monoisotopic (exact) mass is 395 g/mol. The molecule has 142 valence electrons. The fraction of sp³-hybridized carbons (Fsp3) is 0.200. The summed E-state index contributed by atoms with van der Waals surface area (Å²) >= 11 is 1.15. The van der Waals surface area contributed by atoms with E-state index in [0.29, 0.717) is 50.2 Å². The number of carbonyl (C=O) groups is 1. The van der Waals surface area contributed by atoms with Crippen LogP contribution in [-0.2, 0) is 11.2 Å². The molecule has 0 radical (unpaired) electrons. The zero-order valence-electron chi connectivity index (χ0n) is 15.5. The average Bonchev–Trinajstić information content (AvgIpc) is 3.22. The molecule has 0 aliphatic rings. The molecule has 4 rings (SSSR count). The predicted octanol–water partition coefficient (Wildman–Crippen LogP) is 3.63. The van der Waals surface area contributed by atoms with Crippen molar-refractivity contribution in [1.82, 2.24) is 15.0 Å². The predicted molar refractivity (Wildman–Crippen MR) is 106 cm³/mol. The van der Waals surface area contributed by atoms with Crippen LogP contribution in [0.4, 0.5) is 0 Å². The zero-order valence-corrected chi connectivity index (χ0v) is 16.3. The number of carbonyl (C=O) groups excluding carboxylic acids is 1. The molecule has 28 heavy (non-hydrogen) atoms. The number of esters is 1. The van der Waals surface area contributed by atoms with Gasteiger partial charge >= 0.3 is 5.97 Å². The number of ether oxygens (including phenoxy) is 1. The molecule has 1 aromatic carbocycles. The van der Waals surface area contributed by atoms with Crippen molar-refractivity contribution in [3.63, 3.8) is 0 Å². The van der Waals surface area contributed by atoms with E-state index in [0.717, 1.165) is 16.9 Å². The lowest BCUT2D eigenvalue weighted by Gasteiger charge is -1.99. The van der Waals surface area contributed by atoms with Crippen molar-refractivity contribution in [1.29, 1.82) is 0 Å². The maximum absolute atomic E-state index is 12.6. The van der Waals surface area contributed by atoms with Gasteiger partial charge in [0.1, 0.15) is 21.3 Å². The van der Waals surface area contributed by atoms with E-state index in [-0.39, 0.29) is 5.56 Å². The number of aromatic nitrogens is 3. The van der Waals surface area contributed by atoms with Crippen LogP contribution >= 0.6 is 11.3 Å². The topological polar surface area (TPSA) is 98.1 Å². The Bertz CT molecular complexity index is 1240. The summed E-state index contributed by atoms with van der Waals surface area (Å²) in [5, 5.41) is 0.413. The second-order valence-corrected chi connectivity index (χ2v) is 7.30. The molecule has 0 saturated carbocycles. The average molecular weight is 395 g/mol. The molecule has 7 nitrogen and oxygen atoms in total. The number of H-pyrrole nitrogens is 1. The minimum atomic E-state index is -0.471.